The molecule has 20 heavy (non-hydrogen) atoms. The average Bonchev–Trinajstić information content (AvgIpc) is 2.42. The molecule has 0 spiro atoms. The summed E-state index contributed by atoms with van der Waals surface area (Å²) in [5.74, 6) is -0.0545. The standard InChI is InChI=1S/C11H22N2O6S/c1-5(15)13-8-10(18)9(17)7(3-14)19-11(8)20-4-6(16)2-12/h6-11,14,16-18H,2-4,12H2,1H3,(H,13,15)/p+1/t6-,7-,8-,9-,10-,11-/m1/s1. The molecule has 0 bridgehead atoms. The number of aliphatic hydroxyl groups excluding tert-OH is 4. The smallest absolute Gasteiger partial charge is 0.217 e. The van der Waals surface area contributed by atoms with Crippen molar-refractivity contribution in [3.8, 4) is 0 Å². The van der Waals surface area contributed by atoms with Crippen LogP contribution in [-0.2, 0) is 9.53 Å². The fourth-order valence-electron chi connectivity index (χ4n) is 1.90. The van der Waals surface area contributed by atoms with E-state index in [1.54, 1.807) is 0 Å². The Labute approximate surface area is 121 Å². The van der Waals surface area contributed by atoms with Crippen molar-refractivity contribution in [1.29, 1.82) is 0 Å². The van der Waals surface area contributed by atoms with Gasteiger partial charge in [-0.15, -0.1) is 11.8 Å². The Kier molecular flexibility index (Phi) is 7.17. The number of hydrogen-bond donors (Lipinski definition) is 6. The summed E-state index contributed by atoms with van der Waals surface area (Å²) in [5, 5.41) is 41.0. The summed E-state index contributed by atoms with van der Waals surface area (Å²) in [7, 11) is 0. The normalized spacial score (nSPS) is 35.6. The first-order valence-corrected chi connectivity index (χ1v) is 7.44. The van der Waals surface area contributed by atoms with E-state index in [0.717, 1.165) is 0 Å². The molecule has 1 saturated heterocycles. The number of carbonyl (C=O) groups excluding carboxylic acids is 1. The molecule has 8 N–H and O–H groups in total. The van der Waals surface area contributed by atoms with Gasteiger partial charge in [-0.25, -0.2) is 0 Å². The first kappa shape index (κ1) is 17.6. The van der Waals surface area contributed by atoms with E-state index in [-0.39, 0.29) is 5.91 Å². The number of quaternary nitrogens is 1. The van der Waals surface area contributed by atoms with Gasteiger partial charge in [-0.3, -0.25) is 4.79 Å². The molecule has 0 aromatic rings. The number of thioether (sulfide) groups is 1. The molecule has 0 aliphatic carbocycles. The molecular formula is C11H23N2O6S+. The van der Waals surface area contributed by atoms with Crippen LogP contribution in [-0.4, -0.2) is 81.1 Å². The highest BCUT2D eigenvalue weighted by atomic mass is 32.2. The van der Waals surface area contributed by atoms with E-state index >= 15 is 0 Å². The molecule has 0 saturated carbocycles. The Morgan fingerprint density at radius 2 is 2.10 bits per heavy atom. The van der Waals surface area contributed by atoms with E-state index in [4.69, 9.17) is 9.84 Å². The van der Waals surface area contributed by atoms with Gasteiger partial charge >= 0.3 is 0 Å². The summed E-state index contributed by atoms with van der Waals surface area (Å²) in [5.41, 5.74) is 2.90. The van der Waals surface area contributed by atoms with Gasteiger partial charge in [-0.05, 0) is 0 Å². The van der Waals surface area contributed by atoms with E-state index in [1.807, 2.05) is 0 Å². The molecule has 118 valence electrons. The quantitative estimate of drug-likeness (QED) is 0.295. The third-order valence-electron chi connectivity index (χ3n) is 3.04. The summed E-state index contributed by atoms with van der Waals surface area (Å²) in [4.78, 5) is 11.2. The molecule has 1 rings (SSSR count). The molecule has 9 heteroatoms. The number of carbonyl (C=O) groups is 1. The van der Waals surface area contributed by atoms with Crippen molar-refractivity contribution in [3.63, 3.8) is 0 Å². The molecule has 0 aromatic carbocycles. The highest BCUT2D eigenvalue weighted by Gasteiger charge is 2.44. The summed E-state index contributed by atoms with van der Waals surface area (Å²) in [6, 6.07) is -0.813. The van der Waals surface area contributed by atoms with E-state index in [0.29, 0.717) is 12.3 Å². The molecule has 1 fully saturated rings. The Morgan fingerprint density at radius 3 is 2.60 bits per heavy atom. The van der Waals surface area contributed by atoms with Gasteiger partial charge in [-0.2, -0.15) is 0 Å². The molecular weight excluding hydrogens is 288 g/mol. The second kappa shape index (κ2) is 8.13. The lowest BCUT2D eigenvalue weighted by molar-refractivity contribution is -0.381. The number of ether oxygens (including phenoxy) is 1. The minimum atomic E-state index is -1.29. The maximum atomic E-state index is 11.2. The van der Waals surface area contributed by atoms with Crippen molar-refractivity contribution in [3.05, 3.63) is 0 Å². The SMILES string of the molecule is CC(=O)N[C@@H]1[C@@H](O)[C@H](O)[C@@H](CO)O[C@@H]1SC[C@H](O)C[NH3+]. The van der Waals surface area contributed by atoms with Crippen molar-refractivity contribution < 1.29 is 35.7 Å². The maximum Gasteiger partial charge on any atom is 0.217 e. The molecule has 1 amide bonds. The average molecular weight is 311 g/mol. The van der Waals surface area contributed by atoms with Crippen molar-refractivity contribution >= 4 is 17.7 Å². The van der Waals surface area contributed by atoms with Crippen LogP contribution in [0.5, 0.6) is 0 Å². The van der Waals surface area contributed by atoms with Gasteiger partial charge in [0.05, 0.1) is 12.6 Å². The van der Waals surface area contributed by atoms with Gasteiger partial charge in [0.2, 0.25) is 5.91 Å². The first-order chi connectivity index (χ1) is 9.40. The largest absolute Gasteiger partial charge is 0.394 e. The van der Waals surface area contributed by atoms with E-state index in [9.17, 15) is 20.1 Å². The third-order valence-corrected chi connectivity index (χ3v) is 4.35. The van der Waals surface area contributed by atoms with Crippen LogP contribution in [0.25, 0.3) is 0 Å². The van der Waals surface area contributed by atoms with Crippen LogP contribution in [0, 0.1) is 0 Å². The van der Waals surface area contributed by atoms with Gasteiger partial charge in [-0.1, -0.05) is 0 Å². The Hall–Kier alpha value is -0.420. The first-order valence-electron chi connectivity index (χ1n) is 6.39. The van der Waals surface area contributed by atoms with Crippen LogP contribution < -0.4 is 11.1 Å². The van der Waals surface area contributed by atoms with Gasteiger partial charge in [0.15, 0.2) is 0 Å². The lowest BCUT2D eigenvalue weighted by Gasteiger charge is -2.42. The maximum absolute atomic E-state index is 11.2. The van der Waals surface area contributed by atoms with Crippen LogP contribution in [0.3, 0.4) is 0 Å². The van der Waals surface area contributed by atoms with E-state index in [2.05, 4.69) is 11.1 Å². The van der Waals surface area contributed by atoms with Gasteiger partial charge in [0.25, 0.3) is 0 Å². The zero-order valence-electron chi connectivity index (χ0n) is 11.3. The number of nitrogens with one attached hydrogen (secondary N) is 1. The molecule has 1 aliphatic heterocycles. The number of hydrogen-bond acceptors (Lipinski definition) is 7. The predicted molar refractivity (Wildman–Crippen MR) is 71.6 cm³/mol. The summed E-state index contributed by atoms with van der Waals surface area (Å²) >= 11 is 1.20. The Bertz CT molecular complexity index is 321. The Morgan fingerprint density at radius 1 is 1.45 bits per heavy atom. The number of aliphatic hydroxyl groups is 4. The van der Waals surface area contributed by atoms with Crippen molar-refractivity contribution in [2.45, 2.75) is 42.8 Å². The summed E-state index contributed by atoms with van der Waals surface area (Å²) < 4.78 is 5.48. The molecule has 0 unspecified atom stereocenters. The van der Waals surface area contributed by atoms with Gasteiger partial charge in [0, 0.05) is 12.7 Å². The zero-order chi connectivity index (χ0) is 15.3. The fraction of sp³-hybridized carbons (Fsp3) is 0.909. The van der Waals surface area contributed by atoms with Crippen LogP contribution >= 0.6 is 11.8 Å². The van der Waals surface area contributed by atoms with Crippen LogP contribution in [0.15, 0.2) is 0 Å². The summed E-state index contributed by atoms with van der Waals surface area (Å²) in [6.07, 6.45) is -4.09. The highest BCUT2D eigenvalue weighted by molar-refractivity contribution is 7.99. The molecule has 0 radical (unpaired) electrons. The van der Waals surface area contributed by atoms with E-state index in [1.165, 1.54) is 18.7 Å². The van der Waals surface area contributed by atoms with Crippen molar-refractivity contribution in [2.75, 3.05) is 18.9 Å². The van der Waals surface area contributed by atoms with Crippen molar-refractivity contribution in [2.24, 2.45) is 0 Å². The Balaban J connectivity index is 2.75. The molecule has 1 heterocycles. The highest BCUT2D eigenvalue weighted by Crippen LogP contribution is 2.28. The zero-order valence-corrected chi connectivity index (χ0v) is 12.1. The van der Waals surface area contributed by atoms with Crippen LogP contribution in [0.2, 0.25) is 0 Å². The van der Waals surface area contributed by atoms with Crippen molar-refractivity contribution in [1.82, 2.24) is 5.32 Å². The predicted octanol–water partition coefficient (Wildman–Crippen LogP) is -3.73. The van der Waals surface area contributed by atoms with E-state index < -0.39 is 42.5 Å². The minimum absolute atomic E-state index is 0.311. The number of rotatable bonds is 6. The second-order valence-corrected chi connectivity index (χ2v) is 5.84. The number of amides is 1. The topological polar surface area (TPSA) is 147 Å². The monoisotopic (exact) mass is 311 g/mol. The second-order valence-electron chi connectivity index (χ2n) is 4.71. The lowest BCUT2D eigenvalue weighted by Crippen LogP contribution is -2.63. The molecule has 1 aliphatic rings. The molecule has 6 atom stereocenters. The fourth-order valence-corrected chi connectivity index (χ4v) is 3.14. The van der Waals surface area contributed by atoms with Gasteiger partial charge in [0.1, 0.15) is 36.4 Å². The molecule has 8 nitrogen and oxygen atoms in total. The third kappa shape index (κ3) is 4.55. The lowest BCUT2D eigenvalue weighted by atomic mass is 9.98. The van der Waals surface area contributed by atoms with Crippen LogP contribution in [0.4, 0.5) is 0 Å². The van der Waals surface area contributed by atoms with Crippen LogP contribution in [0.1, 0.15) is 6.92 Å². The summed E-state index contributed by atoms with van der Waals surface area (Å²) in [6.45, 7) is 1.18. The minimum Gasteiger partial charge on any atom is -0.394 e. The molecule has 0 aromatic heterocycles. The van der Waals surface area contributed by atoms with Gasteiger partial charge < -0.3 is 36.2 Å².